The van der Waals surface area contributed by atoms with E-state index in [0.717, 1.165) is 16.8 Å². The van der Waals surface area contributed by atoms with Crippen LogP contribution < -0.4 is 14.2 Å². The van der Waals surface area contributed by atoms with Gasteiger partial charge in [0.25, 0.3) is 0 Å². The van der Waals surface area contributed by atoms with Crippen molar-refractivity contribution < 1.29 is 19.0 Å². The molecule has 0 bridgehead atoms. The van der Waals surface area contributed by atoms with Gasteiger partial charge in [0.05, 0.1) is 27.0 Å². The highest BCUT2D eigenvalue weighted by atomic mass is 16.6. The van der Waals surface area contributed by atoms with Crippen molar-refractivity contribution in [1.29, 1.82) is 0 Å². The van der Waals surface area contributed by atoms with Crippen molar-refractivity contribution in [3.63, 3.8) is 0 Å². The molecule has 5 nitrogen and oxygen atoms in total. The molecule has 0 N–H and O–H groups in total. The van der Waals surface area contributed by atoms with Crippen molar-refractivity contribution in [2.24, 2.45) is 5.16 Å². The summed E-state index contributed by atoms with van der Waals surface area (Å²) >= 11 is 0. The molecule has 5 heteroatoms. The van der Waals surface area contributed by atoms with Crippen LogP contribution in [0.4, 0.5) is 0 Å². The first kappa shape index (κ1) is 15.2. The fourth-order valence-electron chi connectivity index (χ4n) is 2.64. The highest BCUT2D eigenvalue weighted by Crippen LogP contribution is 2.40. The second-order valence-corrected chi connectivity index (χ2v) is 5.16. The largest absolute Gasteiger partial charge is 0.493 e. The molecule has 0 saturated carbocycles. The lowest BCUT2D eigenvalue weighted by Gasteiger charge is -2.13. The van der Waals surface area contributed by atoms with E-state index in [1.54, 1.807) is 21.3 Å². The Morgan fingerprint density at radius 1 is 0.957 bits per heavy atom. The standard InChI is InChI=1S/C18H19NO4/c1-20-16-9-13(10-17(21-2)18(16)22-3)14-11-15(23-19-14)12-7-5-4-6-8-12/h4-10,15H,11H2,1-3H3. The van der Waals surface area contributed by atoms with Gasteiger partial charge < -0.3 is 19.0 Å². The molecule has 1 heterocycles. The van der Waals surface area contributed by atoms with Gasteiger partial charge in [-0.2, -0.15) is 0 Å². The van der Waals surface area contributed by atoms with Crippen molar-refractivity contribution in [2.75, 3.05) is 21.3 Å². The van der Waals surface area contributed by atoms with Crippen LogP contribution in [-0.4, -0.2) is 27.0 Å². The molecule has 1 aliphatic heterocycles. The highest BCUT2D eigenvalue weighted by Gasteiger charge is 2.25. The van der Waals surface area contributed by atoms with Crippen molar-refractivity contribution in [3.05, 3.63) is 53.6 Å². The molecule has 0 saturated heterocycles. The van der Waals surface area contributed by atoms with E-state index in [-0.39, 0.29) is 6.10 Å². The number of nitrogens with zero attached hydrogens (tertiary/aromatic N) is 1. The van der Waals surface area contributed by atoms with Crippen molar-refractivity contribution >= 4 is 5.71 Å². The fourth-order valence-corrected chi connectivity index (χ4v) is 2.64. The number of methoxy groups -OCH3 is 3. The summed E-state index contributed by atoms with van der Waals surface area (Å²) in [7, 11) is 4.78. The Kier molecular flexibility index (Phi) is 4.37. The Morgan fingerprint density at radius 3 is 2.17 bits per heavy atom. The third-order valence-electron chi connectivity index (χ3n) is 3.84. The molecule has 1 aliphatic rings. The van der Waals surface area contributed by atoms with Crippen LogP contribution in [0, 0.1) is 0 Å². The van der Waals surface area contributed by atoms with E-state index in [1.807, 2.05) is 42.5 Å². The number of benzene rings is 2. The molecule has 2 aromatic carbocycles. The lowest BCUT2D eigenvalue weighted by molar-refractivity contribution is 0.0857. The van der Waals surface area contributed by atoms with Crippen LogP contribution >= 0.6 is 0 Å². The van der Waals surface area contributed by atoms with Gasteiger partial charge in [-0.1, -0.05) is 35.5 Å². The lowest BCUT2D eigenvalue weighted by atomic mass is 10.00. The molecule has 23 heavy (non-hydrogen) atoms. The summed E-state index contributed by atoms with van der Waals surface area (Å²) in [6.07, 6.45) is 0.633. The summed E-state index contributed by atoms with van der Waals surface area (Å²) in [5.74, 6) is 1.78. The van der Waals surface area contributed by atoms with E-state index in [2.05, 4.69) is 5.16 Å². The summed E-state index contributed by atoms with van der Waals surface area (Å²) < 4.78 is 16.1. The van der Waals surface area contributed by atoms with E-state index >= 15 is 0 Å². The van der Waals surface area contributed by atoms with Gasteiger partial charge in [-0.25, -0.2) is 0 Å². The third kappa shape index (κ3) is 2.95. The quantitative estimate of drug-likeness (QED) is 0.846. The summed E-state index contributed by atoms with van der Waals surface area (Å²) in [6, 6.07) is 13.8. The van der Waals surface area contributed by atoms with E-state index in [1.165, 1.54) is 0 Å². The summed E-state index contributed by atoms with van der Waals surface area (Å²) in [6.45, 7) is 0. The number of rotatable bonds is 5. The topological polar surface area (TPSA) is 49.3 Å². The zero-order chi connectivity index (χ0) is 16.2. The summed E-state index contributed by atoms with van der Waals surface area (Å²) in [4.78, 5) is 5.58. The number of oxime groups is 1. The zero-order valence-corrected chi connectivity index (χ0v) is 13.4. The lowest BCUT2D eigenvalue weighted by Crippen LogP contribution is -2.03. The van der Waals surface area contributed by atoms with Gasteiger partial charge in [0.2, 0.25) is 5.75 Å². The number of hydrogen-bond acceptors (Lipinski definition) is 5. The van der Waals surface area contributed by atoms with Gasteiger partial charge in [-0.15, -0.1) is 0 Å². The van der Waals surface area contributed by atoms with Crippen molar-refractivity contribution in [1.82, 2.24) is 0 Å². The van der Waals surface area contributed by atoms with Crippen LogP contribution in [0.1, 0.15) is 23.7 Å². The molecule has 0 amide bonds. The van der Waals surface area contributed by atoms with Crippen LogP contribution in [0.15, 0.2) is 47.6 Å². The SMILES string of the molecule is COc1cc(C2=NOC(c3ccccc3)C2)cc(OC)c1OC. The third-order valence-corrected chi connectivity index (χ3v) is 3.84. The Balaban J connectivity index is 1.88. The van der Waals surface area contributed by atoms with E-state index < -0.39 is 0 Å². The summed E-state index contributed by atoms with van der Waals surface area (Å²) in [5, 5.41) is 4.23. The van der Waals surface area contributed by atoms with Crippen LogP contribution in [0.5, 0.6) is 17.2 Å². The van der Waals surface area contributed by atoms with E-state index in [4.69, 9.17) is 19.0 Å². The van der Waals surface area contributed by atoms with E-state index in [0.29, 0.717) is 23.7 Å². The Bertz CT molecular complexity index is 687. The zero-order valence-electron chi connectivity index (χ0n) is 13.4. The van der Waals surface area contributed by atoms with Crippen molar-refractivity contribution in [3.8, 4) is 17.2 Å². The predicted octanol–water partition coefficient (Wildman–Crippen LogP) is 3.58. The summed E-state index contributed by atoms with van der Waals surface area (Å²) in [5.41, 5.74) is 2.87. The molecule has 0 aromatic heterocycles. The second-order valence-electron chi connectivity index (χ2n) is 5.16. The fraction of sp³-hybridized carbons (Fsp3) is 0.278. The maximum Gasteiger partial charge on any atom is 0.203 e. The average molecular weight is 313 g/mol. The molecule has 0 aliphatic carbocycles. The minimum absolute atomic E-state index is 0.0645. The Hall–Kier alpha value is -2.69. The molecule has 3 rings (SSSR count). The number of hydrogen-bond donors (Lipinski definition) is 0. The first-order valence-corrected chi connectivity index (χ1v) is 7.34. The van der Waals surface area contributed by atoms with Gasteiger partial charge in [-0.3, -0.25) is 0 Å². The maximum atomic E-state index is 5.58. The van der Waals surface area contributed by atoms with Crippen molar-refractivity contribution in [2.45, 2.75) is 12.5 Å². The van der Waals surface area contributed by atoms with Crippen LogP contribution in [0.3, 0.4) is 0 Å². The minimum Gasteiger partial charge on any atom is -0.493 e. The second kappa shape index (κ2) is 6.60. The normalized spacial score (nSPS) is 16.5. The number of ether oxygens (including phenoxy) is 3. The molecular formula is C18H19NO4. The van der Waals surface area contributed by atoms with Crippen LogP contribution in [-0.2, 0) is 4.84 Å². The van der Waals surface area contributed by atoms with Crippen LogP contribution in [0.2, 0.25) is 0 Å². The molecule has 0 radical (unpaired) electrons. The molecule has 0 spiro atoms. The van der Waals surface area contributed by atoms with Crippen LogP contribution in [0.25, 0.3) is 0 Å². The predicted molar refractivity (Wildman–Crippen MR) is 87.5 cm³/mol. The first-order valence-electron chi connectivity index (χ1n) is 7.34. The van der Waals surface area contributed by atoms with Gasteiger partial charge in [0.1, 0.15) is 0 Å². The molecular weight excluding hydrogens is 294 g/mol. The van der Waals surface area contributed by atoms with Gasteiger partial charge in [-0.05, 0) is 17.7 Å². The average Bonchev–Trinajstić information content (AvgIpc) is 3.11. The van der Waals surface area contributed by atoms with E-state index in [9.17, 15) is 0 Å². The van der Waals surface area contributed by atoms with Gasteiger partial charge in [0.15, 0.2) is 17.6 Å². The molecule has 1 atom stereocenters. The molecule has 1 unspecified atom stereocenters. The monoisotopic (exact) mass is 313 g/mol. The maximum absolute atomic E-state index is 5.58. The Morgan fingerprint density at radius 2 is 1.61 bits per heavy atom. The van der Waals surface area contributed by atoms with Gasteiger partial charge >= 0.3 is 0 Å². The highest BCUT2D eigenvalue weighted by molar-refractivity contribution is 6.02. The smallest absolute Gasteiger partial charge is 0.203 e. The Labute approximate surface area is 135 Å². The molecule has 0 fully saturated rings. The minimum atomic E-state index is -0.0645. The van der Waals surface area contributed by atoms with Gasteiger partial charge in [0, 0.05) is 12.0 Å². The molecule has 120 valence electrons. The first-order chi connectivity index (χ1) is 11.3. The molecule has 2 aromatic rings.